The fraction of sp³-hybridized carbons (Fsp3) is 0.423. The molecule has 0 saturated carbocycles. The Morgan fingerprint density at radius 1 is 1.09 bits per heavy atom. The first kappa shape index (κ1) is 23.8. The molecular formula is C26H30N2O6. The summed E-state index contributed by atoms with van der Waals surface area (Å²) < 4.78 is 11.0. The second-order valence-corrected chi connectivity index (χ2v) is 9.52. The van der Waals surface area contributed by atoms with E-state index in [1.807, 2.05) is 50.2 Å². The topological polar surface area (TPSA) is 114 Å². The lowest BCUT2D eigenvalue weighted by molar-refractivity contribution is -0.137. The molecule has 2 aromatic carbocycles. The van der Waals surface area contributed by atoms with Gasteiger partial charge in [-0.3, -0.25) is 9.59 Å². The van der Waals surface area contributed by atoms with Gasteiger partial charge in [-0.15, -0.1) is 0 Å². The molecule has 1 aliphatic heterocycles. The highest BCUT2D eigenvalue weighted by atomic mass is 16.5. The monoisotopic (exact) mass is 466 g/mol. The number of hydrogen-bond acceptors (Lipinski definition) is 5. The Bertz CT molecular complexity index is 1040. The number of carbonyl (C=O) groups excluding carboxylic acids is 2. The van der Waals surface area contributed by atoms with E-state index in [4.69, 9.17) is 14.6 Å². The zero-order valence-corrected chi connectivity index (χ0v) is 19.4. The molecule has 3 N–H and O–H groups in total. The molecule has 8 nitrogen and oxygen atoms in total. The lowest BCUT2D eigenvalue weighted by Gasteiger charge is -2.27. The summed E-state index contributed by atoms with van der Waals surface area (Å²) in [5, 5.41) is 14.5. The van der Waals surface area contributed by atoms with Crippen molar-refractivity contribution in [1.82, 2.24) is 10.6 Å². The highest BCUT2D eigenvalue weighted by molar-refractivity contribution is 5.86. The van der Waals surface area contributed by atoms with Crippen molar-refractivity contribution in [1.29, 1.82) is 0 Å². The molecule has 2 amide bonds. The summed E-state index contributed by atoms with van der Waals surface area (Å²) >= 11 is 0. The van der Waals surface area contributed by atoms with Gasteiger partial charge < -0.3 is 25.2 Å². The first-order valence-corrected chi connectivity index (χ1v) is 11.5. The number of carboxylic acid groups (broad SMARTS) is 1. The summed E-state index contributed by atoms with van der Waals surface area (Å²) in [7, 11) is 0. The van der Waals surface area contributed by atoms with Gasteiger partial charge in [-0.1, -0.05) is 62.4 Å². The molecule has 0 radical (unpaired) electrons. The van der Waals surface area contributed by atoms with Gasteiger partial charge in [0.15, 0.2) is 0 Å². The highest BCUT2D eigenvalue weighted by Crippen LogP contribution is 2.44. The summed E-state index contributed by atoms with van der Waals surface area (Å²) in [6, 6.07) is 14.8. The van der Waals surface area contributed by atoms with Crippen molar-refractivity contribution >= 4 is 18.0 Å². The first-order valence-electron chi connectivity index (χ1n) is 11.5. The molecule has 0 aromatic heterocycles. The molecule has 2 atom stereocenters. The van der Waals surface area contributed by atoms with Crippen LogP contribution in [0.3, 0.4) is 0 Å². The molecule has 1 saturated heterocycles. The standard InChI is InChI=1S/C26H30N2O6/c1-26(2)15-33-14-22(26)28-24(31)21(11-12-23(29)30)27-25(32)34-13-20-18-9-5-3-7-16(18)17-8-4-6-10-19(17)20/h3-10,20-22H,11-15H2,1-2H3,(H,27,32)(H,28,31)(H,29,30). The van der Waals surface area contributed by atoms with Crippen LogP contribution in [-0.2, 0) is 19.1 Å². The fourth-order valence-corrected chi connectivity index (χ4v) is 4.59. The van der Waals surface area contributed by atoms with E-state index >= 15 is 0 Å². The van der Waals surface area contributed by atoms with Crippen molar-refractivity contribution in [3.63, 3.8) is 0 Å². The summed E-state index contributed by atoms with van der Waals surface area (Å²) in [6.07, 6.45) is -1.06. The second-order valence-electron chi connectivity index (χ2n) is 9.52. The maximum Gasteiger partial charge on any atom is 0.407 e. The van der Waals surface area contributed by atoms with E-state index in [1.165, 1.54) is 0 Å². The Kier molecular flexibility index (Phi) is 6.88. The highest BCUT2D eigenvalue weighted by Gasteiger charge is 2.38. The third-order valence-corrected chi connectivity index (χ3v) is 6.62. The summed E-state index contributed by atoms with van der Waals surface area (Å²) in [4.78, 5) is 36.7. The minimum absolute atomic E-state index is 0.0423. The zero-order valence-electron chi connectivity index (χ0n) is 19.4. The quantitative estimate of drug-likeness (QED) is 0.550. The van der Waals surface area contributed by atoms with Crippen LogP contribution in [0.2, 0.25) is 0 Å². The molecule has 1 aliphatic carbocycles. The van der Waals surface area contributed by atoms with E-state index in [2.05, 4.69) is 22.8 Å². The Labute approximate surface area is 198 Å². The number of aliphatic carboxylic acids is 1. The van der Waals surface area contributed by atoms with Crippen LogP contribution in [0.5, 0.6) is 0 Å². The lowest BCUT2D eigenvalue weighted by atomic mass is 9.87. The van der Waals surface area contributed by atoms with Gasteiger partial charge in [0.2, 0.25) is 5.91 Å². The molecule has 2 unspecified atom stereocenters. The van der Waals surface area contributed by atoms with Crippen LogP contribution < -0.4 is 10.6 Å². The maximum absolute atomic E-state index is 12.9. The van der Waals surface area contributed by atoms with Crippen LogP contribution in [0.15, 0.2) is 48.5 Å². The number of carboxylic acids is 1. The maximum atomic E-state index is 12.9. The Hall–Kier alpha value is -3.39. The Morgan fingerprint density at radius 3 is 2.26 bits per heavy atom. The average Bonchev–Trinajstić information content (AvgIpc) is 3.31. The molecule has 1 heterocycles. The van der Waals surface area contributed by atoms with Crippen LogP contribution in [0, 0.1) is 5.41 Å². The number of alkyl carbamates (subject to hydrolysis) is 1. The van der Waals surface area contributed by atoms with Crippen molar-refractivity contribution < 1.29 is 29.0 Å². The van der Waals surface area contributed by atoms with Gasteiger partial charge in [-0.2, -0.15) is 0 Å². The molecular weight excluding hydrogens is 436 g/mol. The molecule has 1 fully saturated rings. The van der Waals surface area contributed by atoms with Gasteiger partial charge >= 0.3 is 12.1 Å². The van der Waals surface area contributed by atoms with Crippen molar-refractivity contribution in [3.05, 3.63) is 59.7 Å². The molecule has 2 aromatic rings. The predicted octanol–water partition coefficient (Wildman–Crippen LogP) is 3.30. The Balaban J connectivity index is 1.41. The van der Waals surface area contributed by atoms with E-state index in [9.17, 15) is 14.4 Å². The smallest absolute Gasteiger partial charge is 0.407 e. The molecule has 0 bridgehead atoms. The van der Waals surface area contributed by atoms with Gasteiger partial charge in [0.05, 0.1) is 19.3 Å². The van der Waals surface area contributed by atoms with Gasteiger partial charge in [0.1, 0.15) is 12.6 Å². The van der Waals surface area contributed by atoms with Gasteiger partial charge in [-0.05, 0) is 28.7 Å². The van der Waals surface area contributed by atoms with Gasteiger partial charge in [0, 0.05) is 17.8 Å². The van der Waals surface area contributed by atoms with E-state index in [0.29, 0.717) is 13.2 Å². The summed E-state index contributed by atoms with van der Waals surface area (Å²) in [6.45, 7) is 4.95. The van der Waals surface area contributed by atoms with Crippen LogP contribution in [0.4, 0.5) is 4.79 Å². The second kappa shape index (κ2) is 9.85. The number of fused-ring (bicyclic) bond motifs is 3. The summed E-state index contributed by atoms with van der Waals surface area (Å²) in [5.41, 5.74) is 4.15. The fourth-order valence-electron chi connectivity index (χ4n) is 4.59. The minimum Gasteiger partial charge on any atom is -0.481 e. The number of carbonyl (C=O) groups is 3. The van der Waals surface area contributed by atoms with Gasteiger partial charge in [0.25, 0.3) is 0 Å². The summed E-state index contributed by atoms with van der Waals surface area (Å²) in [5.74, 6) is -1.60. The number of rotatable bonds is 8. The Morgan fingerprint density at radius 2 is 1.71 bits per heavy atom. The number of hydrogen-bond donors (Lipinski definition) is 3. The van der Waals surface area contributed by atoms with Crippen LogP contribution in [0.25, 0.3) is 11.1 Å². The van der Waals surface area contributed by atoms with Crippen molar-refractivity contribution in [2.75, 3.05) is 19.8 Å². The predicted molar refractivity (Wildman–Crippen MR) is 125 cm³/mol. The molecule has 34 heavy (non-hydrogen) atoms. The van der Waals surface area contributed by atoms with E-state index in [-0.39, 0.29) is 36.8 Å². The zero-order chi connectivity index (χ0) is 24.3. The van der Waals surface area contributed by atoms with Gasteiger partial charge in [-0.25, -0.2) is 4.79 Å². The number of nitrogens with one attached hydrogen (secondary N) is 2. The first-order chi connectivity index (χ1) is 16.3. The molecule has 4 rings (SSSR count). The third-order valence-electron chi connectivity index (χ3n) is 6.62. The SMILES string of the molecule is CC1(C)COCC1NC(=O)C(CCC(=O)O)NC(=O)OCC1c2ccccc2-c2ccccc21. The number of ether oxygens (including phenoxy) is 2. The van der Waals surface area contributed by atoms with E-state index in [0.717, 1.165) is 22.3 Å². The normalized spacial score (nSPS) is 19.1. The average molecular weight is 467 g/mol. The van der Waals surface area contributed by atoms with Crippen molar-refractivity contribution in [3.8, 4) is 11.1 Å². The molecule has 8 heteroatoms. The number of amides is 2. The molecule has 0 spiro atoms. The van der Waals surface area contributed by atoms with E-state index < -0.39 is 24.0 Å². The lowest BCUT2D eigenvalue weighted by Crippen LogP contribution is -2.53. The number of benzene rings is 2. The molecule has 180 valence electrons. The van der Waals surface area contributed by atoms with Crippen molar-refractivity contribution in [2.24, 2.45) is 5.41 Å². The molecule has 2 aliphatic rings. The minimum atomic E-state index is -1.04. The van der Waals surface area contributed by atoms with E-state index in [1.54, 1.807) is 0 Å². The third kappa shape index (κ3) is 5.07. The van der Waals surface area contributed by atoms with Crippen molar-refractivity contribution in [2.45, 2.75) is 44.7 Å². The van der Waals surface area contributed by atoms with Crippen LogP contribution in [-0.4, -0.2) is 55.0 Å². The largest absolute Gasteiger partial charge is 0.481 e. The van der Waals surface area contributed by atoms with Crippen LogP contribution >= 0.6 is 0 Å². The van der Waals surface area contributed by atoms with Crippen LogP contribution in [0.1, 0.15) is 43.7 Å².